The van der Waals surface area contributed by atoms with Crippen molar-refractivity contribution in [2.24, 2.45) is 5.73 Å². The molecule has 0 saturated heterocycles. The summed E-state index contributed by atoms with van der Waals surface area (Å²) in [6, 6.07) is 6.09. The minimum absolute atomic E-state index is 0.0965. The molecule has 0 bridgehead atoms. The van der Waals surface area contributed by atoms with Gasteiger partial charge in [0.15, 0.2) is 5.78 Å². The maximum atomic E-state index is 12.0. The van der Waals surface area contributed by atoms with E-state index in [-0.39, 0.29) is 24.5 Å². The zero-order valence-corrected chi connectivity index (χ0v) is 12.8. The molecule has 0 aliphatic carbocycles. The first kappa shape index (κ1) is 17.5. The number of nitrogens with two attached hydrogens (primary N) is 1. The lowest BCUT2D eigenvalue weighted by atomic mass is 10.1. The van der Waals surface area contributed by atoms with Crippen LogP contribution in [0.25, 0.3) is 0 Å². The summed E-state index contributed by atoms with van der Waals surface area (Å²) in [5.41, 5.74) is 4.68. The van der Waals surface area contributed by atoms with E-state index in [1.807, 2.05) is 0 Å². The molecule has 2 amide bonds. The summed E-state index contributed by atoms with van der Waals surface area (Å²) in [6.07, 6.45) is -1.43. The summed E-state index contributed by atoms with van der Waals surface area (Å²) < 4.78 is 9.75. The molecule has 7 heteroatoms. The zero-order chi connectivity index (χ0) is 16.8. The number of rotatable bonds is 5. The fourth-order valence-corrected chi connectivity index (χ4v) is 1.59. The Balaban J connectivity index is 2.49. The van der Waals surface area contributed by atoms with Gasteiger partial charge in [0, 0.05) is 18.5 Å². The molecule has 0 fully saturated rings. The number of benzene rings is 1. The van der Waals surface area contributed by atoms with E-state index in [2.05, 4.69) is 5.32 Å². The van der Waals surface area contributed by atoms with Crippen molar-refractivity contribution in [3.63, 3.8) is 0 Å². The van der Waals surface area contributed by atoms with Crippen molar-refractivity contribution in [1.29, 1.82) is 0 Å². The number of alkyl carbamates (subject to hydrolysis) is 1. The van der Waals surface area contributed by atoms with Crippen molar-refractivity contribution >= 4 is 18.0 Å². The third kappa shape index (κ3) is 6.74. The summed E-state index contributed by atoms with van der Waals surface area (Å²) in [5.74, 6) is -0.00979. The van der Waals surface area contributed by atoms with Gasteiger partial charge in [0.2, 0.25) is 0 Å². The predicted octanol–water partition coefficient (Wildman–Crippen LogP) is 2.24. The summed E-state index contributed by atoms with van der Waals surface area (Å²) in [4.78, 5) is 34.1. The van der Waals surface area contributed by atoms with E-state index >= 15 is 0 Å². The van der Waals surface area contributed by atoms with Gasteiger partial charge in [-0.3, -0.25) is 4.79 Å². The van der Waals surface area contributed by atoms with Gasteiger partial charge < -0.3 is 20.5 Å². The van der Waals surface area contributed by atoms with Crippen LogP contribution in [0.4, 0.5) is 9.59 Å². The second-order valence-corrected chi connectivity index (χ2v) is 5.55. The van der Waals surface area contributed by atoms with Crippen molar-refractivity contribution in [1.82, 2.24) is 5.32 Å². The van der Waals surface area contributed by atoms with E-state index < -0.39 is 17.8 Å². The molecule has 3 N–H and O–H groups in total. The molecule has 1 aromatic carbocycles. The number of ether oxygens (including phenoxy) is 2. The maximum Gasteiger partial charge on any atom is 0.409 e. The predicted molar refractivity (Wildman–Crippen MR) is 79.8 cm³/mol. The molecule has 120 valence electrons. The molecule has 0 radical (unpaired) electrons. The van der Waals surface area contributed by atoms with Gasteiger partial charge in [-0.05, 0) is 32.9 Å². The Hall–Kier alpha value is -2.57. The molecule has 0 spiro atoms. The van der Waals surface area contributed by atoms with Gasteiger partial charge in [-0.1, -0.05) is 12.1 Å². The molecule has 1 aromatic rings. The van der Waals surface area contributed by atoms with Crippen LogP contribution in [-0.4, -0.2) is 30.1 Å². The maximum absolute atomic E-state index is 12.0. The van der Waals surface area contributed by atoms with Crippen molar-refractivity contribution in [3.05, 3.63) is 29.8 Å². The summed E-state index contributed by atoms with van der Waals surface area (Å²) in [7, 11) is 0. The lowest BCUT2D eigenvalue weighted by Gasteiger charge is -2.19. The lowest BCUT2D eigenvalue weighted by Crippen LogP contribution is -2.33. The number of ketones is 1. The van der Waals surface area contributed by atoms with Crippen molar-refractivity contribution in [3.8, 4) is 5.75 Å². The number of carbonyl (C=O) groups is 3. The Morgan fingerprint density at radius 1 is 1.23 bits per heavy atom. The van der Waals surface area contributed by atoms with E-state index in [9.17, 15) is 14.4 Å². The molecule has 0 atom stereocenters. The molecular weight excluding hydrogens is 288 g/mol. The molecule has 0 unspecified atom stereocenters. The number of Topliss-reactive ketones (excluding diaryl/α,β-unsaturated/α-hetero) is 1. The minimum Gasteiger partial charge on any atom is -0.444 e. The van der Waals surface area contributed by atoms with Crippen molar-refractivity contribution < 1.29 is 23.9 Å². The lowest BCUT2D eigenvalue weighted by molar-refractivity contribution is 0.0527. The number of hydrogen-bond acceptors (Lipinski definition) is 5. The molecule has 1 rings (SSSR count). The van der Waals surface area contributed by atoms with Crippen LogP contribution in [-0.2, 0) is 4.74 Å². The topological polar surface area (TPSA) is 108 Å². The van der Waals surface area contributed by atoms with Crippen LogP contribution in [0.15, 0.2) is 24.3 Å². The molecule has 0 saturated carbocycles. The number of hydrogen-bond donors (Lipinski definition) is 2. The fourth-order valence-electron chi connectivity index (χ4n) is 1.59. The highest BCUT2D eigenvalue weighted by Gasteiger charge is 2.16. The Morgan fingerprint density at radius 2 is 1.91 bits per heavy atom. The van der Waals surface area contributed by atoms with Crippen molar-refractivity contribution in [2.75, 3.05) is 6.54 Å². The summed E-state index contributed by atoms with van der Waals surface area (Å²) in [6.45, 7) is 5.40. The molecule has 0 aliphatic heterocycles. The number of carbonyl (C=O) groups excluding carboxylic acids is 3. The first-order chi connectivity index (χ1) is 10.2. The first-order valence-corrected chi connectivity index (χ1v) is 6.75. The van der Waals surface area contributed by atoms with Crippen LogP contribution in [0.1, 0.15) is 37.6 Å². The molecule has 0 heterocycles. The van der Waals surface area contributed by atoms with E-state index in [0.717, 1.165) is 0 Å². The normalized spacial score (nSPS) is 10.7. The first-order valence-electron chi connectivity index (χ1n) is 6.75. The Labute approximate surface area is 128 Å². The third-order valence-electron chi connectivity index (χ3n) is 2.39. The summed E-state index contributed by atoms with van der Waals surface area (Å²) in [5, 5.41) is 2.50. The largest absolute Gasteiger partial charge is 0.444 e. The SMILES string of the molecule is CC(C)(C)OC(=O)NCCC(=O)c1cccc(OC(N)=O)c1. The van der Waals surface area contributed by atoms with E-state index in [0.29, 0.717) is 5.56 Å². The Bertz CT molecular complexity index is 563. The highest BCUT2D eigenvalue weighted by atomic mass is 16.6. The highest BCUT2D eigenvalue weighted by molar-refractivity contribution is 5.96. The van der Waals surface area contributed by atoms with E-state index in [1.165, 1.54) is 12.1 Å². The highest BCUT2D eigenvalue weighted by Crippen LogP contribution is 2.14. The van der Waals surface area contributed by atoms with Gasteiger partial charge >= 0.3 is 12.2 Å². The van der Waals surface area contributed by atoms with E-state index in [1.54, 1.807) is 32.9 Å². The van der Waals surface area contributed by atoms with Crippen LogP contribution in [0.5, 0.6) is 5.75 Å². The van der Waals surface area contributed by atoms with Crippen LogP contribution < -0.4 is 15.8 Å². The van der Waals surface area contributed by atoms with Gasteiger partial charge in [-0.15, -0.1) is 0 Å². The number of nitrogens with one attached hydrogen (secondary N) is 1. The second kappa shape index (κ2) is 7.44. The van der Waals surface area contributed by atoms with Crippen LogP contribution in [0.2, 0.25) is 0 Å². The molecule has 22 heavy (non-hydrogen) atoms. The smallest absolute Gasteiger partial charge is 0.409 e. The standard InChI is InChI=1S/C15H20N2O5/c1-15(2,3)22-14(20)17-8-7-12(18)10-5-4-6-11(9-10)21-13(16)19/h4-6,9H,7-8H2,1-3H3,(H2,16,19)(H,17,20). The van der Waals surface area contributed by atoms with Gasteiger partial charge in [-0.25, -0.2) is 9.59 Å². The number of primary amides is 1. The minimum atomic E-state index is -0.948. The van der Waals surface area contributed by atoms with Crippen molar-refractivity contribution in [2.45, 2.75) is 32.8 Å². The third-order valence-corrected chi connectivity index (χ3v) is 2.39. The second-order valence-electron chi connectivity index (χ2n) is 5.55. The monoisotopic (exact) mass is 308 g/mol. The van der Waals surface area contributed by atoms with Crippen LogP contribution in [0.3, 0.4) is 0 Å². The van der Waals surface area contributed by atoms with Gasteiger partial charge in [-0.2, -0.15) is 0 Å². The summed E-state index contributed by atoms with van der Waals surface area (Å²) >= 11 is 0. The van der Waals surface area contributed by atoms with Gasteiger partial charge in [0.1, 0.15) is 11.4 Å². The quantitative estimate of drug-likeness (QED) is 0.811. The zero-order valence-electron chi connectivity index (χ0n) is 12.8. The van der Waals surface area contributed by atoms with Gasteiger partial charge in [0.25, 0.3) is 0 Å². The average molecular weight is 308 g/mol. The van der Waals surface area contributed by atoms with Crippen LogP contribution in [0, 0.1) is 0 Å². The molecular formula is C15H20N2O5. The van der Waals surface area contributed by atoms with Gasteiger partial charge in [0.05, 0.1) is 0 Å². The Morgan fingerprint density at radius 3 is 2.50 bits per heavy atom. The number of amides is 2. The molecule has 0 aromatic heterocycles. The average Bonchev–Trinajstić information content (AvgIpc) is 2.35. The fraction of sp³-hybridized carbons (Fsp3) is 0.400. The molecule has 7 nitrogen and oxygen atoms in total. The molecule has 0 aliphatic rings. The van der Waals surface area contributed by atoms with Crippen LogP contribution >= 0.6 is 0 Å². The van der Waals surface area contributed by atoms with E-state index in [4.69, 9.17) is 15.2 Å². The Kier molecular flexibility index (Phi) is 5.91.